The van der Waals surface area contributed by atoms with Crippen molar-refractivity contribution >= 4 is 20.8 Å². The molecule has 0 radical (unpaired) electrons. The molecule has 0 aliphatic carbocycles. The Morgan fingerprint density at radius 2 is 1.75 bits per heavy atom. The molecule has 2 rings (SSSR count). The van der Waals surface area contributed by atoms with E-state index in [0.717, 1.165) is 10.8 Å². The lowest BCUT2D eigenvalue weighted by Gasteiger charge is -2.03. The van der Waals surface area contributed by atoms with E-state index in [1.807, 2.05) is 24.3 Å². The maximum absolute atomic E-state index is 11.5. The summed E-state index contributed by atoms with van der Waals surface area (Å²) in [6, 6.07) is 12.1. The Hall–Kier alpha value is -2.06. The summed E-state index contributed by atoms with van der Waals surface area (Å²) in [4.78, 5) is 0.0905. The van der Waals surface area contributed by atoms with Crippen LogP contribution in [0.2, 0.25) is 0 Å². The molecule has 2 aromatic carbocycles. The van der Waals surface area contributed by atoms with Crippen LogP contribution in [-0.4, -0.2) is 8.42 Å². The third-order valence-corrected chi connectivity index (χ3v) is 3.45. The fraction of sp³-hybridized carbons (Fsp3) is 0. The normalized spacial score (nSPS) is 10.9. The van der Waals surface area contributed by atoms with Crippen molar-refractivity contribution < 1.29 is 8.42 Å². The van der Waals surface area contributed by atoms with Gasteiger partial charge in [-0.3, -0.25) is 0 Å². The highest BCUT2D eigenvalue weighted by Gasteiger charge is 2.12. The predicted octanol–water partition coefficient (Wildman–Crippen LogP) is 1.60. The van der Waals surface area contributed by atoms with Crippen molar-refractivity contribution in [1.29, 1.82) is 5.26 Å². The molecule has 1 N–H and O–H groups in total. The number of benzene rings is 2. The standard InChI is InChI=1S/C11H8N2O2S/c12-8-13-16(14,15)11-6-5-9-3-1-2-4-10(9)7-11/h1-7,13H. The van der Waals surface area contributed by atoms with E-state index in [1.54, 1.807) is 10.8 Å². The third-order valence-electron chi connectivity index (χ3n) is 2.21. The minimum Gasteiger partial charge on any atom is -0.215 e. The molecular formula is C11H8N2O2S. The second-order valence-electron chi connectivity index (χ2n) is 3.23. The van der Waals surface area contributed by atoms with Crippen LogP contribution in [-0.2, 0) is 10.0 Å². The van der Waals surface area contributed by atoms with Gasteiger partial charge in [0.25, 0.3) is 10.0 Å². The molecule has 0 unspecified atom stereocenters. The Balaban J connectivity index is 2.61. The lowest BCUT2D eigenvalue weighted by atomic mass is 10.1. The van der Waals surface area contributed by atoms with E-state index in [-0.39, 0.29) is 4.90 Å². The van der Waals surface area contributed by atoms with Gasteiger partial charge in [0.1, 0.15) is 0 Å². The molecule has 80 valence electrons. The Morgan fingerprint density at radius 1 is 1.06 bits per heavy atom. The van der Waals surface area contributed by atoms with Crippen LogP contribution >= 0.6 is 0 Å². The Labute approximate surface area is 93.2 Å². The van der Waals surface area contributed by atoms with Gasteiger partial charge in [0.05, 0.1) is 4.90 Å². The quantitative estimate of drug-likeness (QED) is 0.631. The van der Waals surface area contributed by atoms with E-state index < -0.39 is 10.0 Å². The van der Waals surface area contributed by atoms with Crippen LogP contribution in [0.15, 0.2) is 47.4 Å². The van der Waals surface area contributed by atoms with Crippen LogP contribution in [0.5, 0.6) is 0 Å². The number of rotatable bonds is 2. The largest absolute Gasteiger partial charge is 0.270 e. The van der Waals surface area contributed by atoms with Crippen molar-refractivity contribution in [3.63, 3.8) is 0 Å². The Bertz CT molecular complexity index is 672. The molecule has 0 amide bonds. The van der Waals surface area contributed by atoms with Gasteiger partial charge in [0.15, 0.2) is 6.19 Å². The summed E-state index contributed by atoms with van der Waals surface area (Å²) in [5, 5.41) is 10.1. The first kappa shape index (κ1) is 10.5. The van der Waals surface area contributed by atoms with Crippen LogP contribution in [0, 0.1) is 11.5 Å². The Kier molecular flexibility index (Phi) is 2.50. The van der Waals surface area contributed by atoms with Crippen LogP contribution in [0.4, 0.5) is 0 Å². The monoisotopic (exact) mass is 232 g/mol. The maximum atomic E-state index is 11.5. The number of fused-ring (bicyclic) bond motifs is 1. The summed E-state index contributed by atoms with van der Waals surface area (Å²) in [7, 11) is -3.71. The van der Waals surface area contributed by atoms with Gasteiger partial charge < -0.3 is 0 Å². The summed E-state index contributed by atoms with van der Waals surface area (Å²) in [6.07, 6.45) is 1.42. The van der Waals surface area contributed by atoms with E-state index in [4.69, 9.17) is 5.26 Å². The predicted molar refractivity (Wildman–Crippen MR) is 59.9 cm³/mol. The van der Waals surface area contributed by atoms with E-state index in [9.17, 15) is 8.42 Å². The van der Waals surface area contributed by atoms with Gasteiger partial charge in [-0.15, -0.1) is 0 Å². The number of hydrogen-bond donors (Lipinski definition) is 1. The van der Waals surface area contributed by atoms with Crippen molar-refractivity contribution in [2.24, 2.45) is 0 Å². The van der Waals surface area contributed by atoms with Gasteiger partial charge >= 0.3 is 0 Å². The summed E-state index contributed by atoms with van der Waals surface area (Å²) in [6.45, 7) is 0. The summed E-state index contributed by atoms with van der Waals surface area (Å²) in [5.41, 5.74) is 0. The SMILES string of the molecule is N#CNS(=O)(=O)c1ccc2ccccc2c1. The molecule has 0 heterocycles. The first-order valence-corrected chi connectivity index (χ1v) is 6.01. The zero-order chi connectivity index (χ0) is 11.6. The topological polar surface area (TPSA) is 70.0 Å². The van der Waals surface area contributed by atoms with Crippen LogP contribution in [0.1, 0.15) is 0 Å². The van der Waals surface area contributed by atoms with Crippen molar-refractivity contribution in [3.8, 4) is 6.19 Å². The molecule has 0 fully saturated rings. The average Bonchev–Trinajstić information content (AvgIpc) is 2.28. The molecule has 5 heteroatoms. The van der Waals surface area contributed by atoms with Crippen molar-refractivity contribution in [3.05, 3.63) is 42.5 Å². The fourth-order valence-electron chi connectivity index (χ4n) is 1.45. The highest BCUT2D eigenvalue weighted by molar-refractivity contribution is 7.89. The van der Waals surface area contributed by atoms with Crippen molar-refractivity contribution in [1.82, 2.24) is 4.72 Å². The number of nitrogens with zero attached hydrogens (tertiary/aromatic N) is 1. The van der Waals surface area contributed by atoms with Crippen molar-refractivity contribution in [2.45, 2.75) is 4.90 Å². The molecule has 0 atom stereocenters. The van der Waals surface area contributed by atoms with Gasteiger partial charge in [0.2, 0.25) is 0 Å². The van der Waals surface area contributed by atoms with Crippen LogP contribution in [0.3, 0.4) is 0 Å². The van der Waals surface area contributed by atoms with E-state index in [1.165, 1.54) is 18.3 Å². The molecule has 0 aromatic heterocycles. The second-order valence-corrected chi connectivity index (χ2v) is 4.91. The van der Waals surface area contributed by atoms with Crippen LogP contribution in [0.25, 0.3) is 10.8 Å². The molecule has 0 aliphatic heterocycles. The Morgan fingerprint density at radius 3 is 2.44 bits per heavy atom. The third kappa shape index (κ3) is 1.83. The first-order chi connectivity index (χ1) is 7.63. The zero-order valence-electron chi connectivity index (χ0n) is 8.21. The minimum atomic E-state index is -3.71. The highest BCUT2D eigenvalue weighted by Crippen LogP contribution is 2.18. The average molecular weight is 232 g/mol. The first-order valence-electron chi connectivity index (χ1n) is 4.53. The zero-order valence-corrected chi connectivity index (χ0v) is 9.03. The molecule has 0 aliphatic rings. The smallest absolute Gasteiger partial charge is 0.215 e. The number of sulfonamides is 1. The molecule has 2 aromatic rings. The molecule has 4 nitrogen and oxygen atoms in total. The summed E-state index contributed by atoms with van der Waals surface area (Å²) in [5.74, 6) is 0. The second kappa shape index (κ2) is 3.83. The molecule has 0 spiro atoms. The lowest BCUT2D eigenvalue weighted by Crippen LogP contribution is -2.17. The molecular weight excluding hydrogens is 224 g/mol. The van der Waals surface area contributed by atoms with Gasteiger partial charge in [-0.2, -0.15) is 5.26 Å². The summed E-state index contributed by atoms with van der Waals surface area (Å²) >= 11 is 0. The molecule has 16 heavy (non-hydrogen) atoms. The van der Waals surface area contributed by atoms with E-state index >= 15 is 0 Å². The summed E-state index contributed by atoms with van der Waals surface area (Å²) < 4.78 is 24.9. The minimum absolute atomic E-state index is 0.0905. The molecule has 0 bridgehead atoms. The number of nitriles is 1. The highest BCUT2D eigenvalue weighted by atomic mass is 32.2. The van der Waals surface area contributed by atoms with E-state index in [0.29, 0.717) is 0 Å². The number of hydrogen-bond acceptors (Lipinski definition) is 3. The fourth-order valence-corrected chi connectivity index (χ4v) is 2.22. The number of nitrogens with one attached hydrogen (secondary N) is 1. The van der Waals surface area contributed by atoms with Gasteiger partial charge in [-0.05, 0) is 22.9 Å². The maximum Gasteiger partial charge on any atom is 0.270 e. The lowest BCUT2D eigenvalue weighted by molar-refractivity contribution is 0.591. The van der Waals surface area contributed by atoms with Gasteiger partial charge in [-0.1, -0.05) is 30.3 Å². The van der Waals surface area contributed by atoms with Gasteiger partial charge in [-0.25, -0.2) is 13.1 Å². The van der Waals surface area contributed by atoms with Crippen LogP contribution < -0.4 is 4.72 Å². The van der Waals surface area contributed by atoms with Gasteiger partial charge in [0, 0.05) is 0 Å². The van der Waals surface area contributed by atoms with Crippen molar-refractivity contribution in [2.75, 3.05) is 0 Å². The molecule has 0 saturated carbocycles. The molecule has 0 saturated heterocycles. The van der Waals surface area contributed by atoms with E-state index in [2.05, 4.69) is 0 Å².